The third-order valence-electron chi connectivity index (χ3n) is 2.15. The maximum absolute atomic E-state index is 11.5. The molecule has 0 aromatic heterocycles. The highest BCUT2D eigenvalue weighted by Crippen LogP contribution is 2.04. The van der Waals surface area contributed by atoms with E-state index >= 15 is 0 Å². The summed E-state index contributed by atoms with van der Waals surface area (Å²) in [5.41, 5.74) is 5.69. The minimum atomic E-state index is -0.338. The highest BCUT2D eigenvalue weighted by Gasteiger charge is 2.14. The van der Waals surface area contributed by atoms with Gasteiger partial charge in [0.2, 0.25) is 5.91 Å². The van der Waals surface area contributed by atoms with Gasteiger partial charge in [-0.25, -0.2) is 0 Å². The highest BCUT2D eigenvalue weighted by molar-refractivity contribution is 5.81. The second kappa shape index (κ2) is 6.82. The van der Waals surface area contributed by atoms with Gasteiger partial charge in [0.05, 0.1) is 6.04 Å². The fourth-order valence-corrected chi connectivity index (χ4v) is 1.56. The van der Waals surface area contributed by atoms with Gasteiger partial charge < -0.3 is 11.1 Å². The third-order valence-corrected chi connectivity index (χ3v) is 2.15. The van der Waals surface area contributed by atoms with E-state index in [1.807, 2.05) is 13.8 Å². The average Bonchev–Trinajstić information content (AvgIpc) is 2.02. The van der Waals surface area contributed by atoms with E-state index < -0.39 is 0 Å². The van der Waals surface area contributed by atoms with Gasteiger partial charge >= 0.3 is 0 Å². The molecule has 0 aliphatic rings. The first-order valence-electron chi connectivity index (χ1n) is 5.53. The van der Waals surface area contributed by atoms with Crippen molar-refractivity contribution in [3.05, 3.63) is 0 Å². The molecule has 0 aliphatic carbocycles. The number of rotatable bonds is 6. The summed E-state index contributed by atoms with van der Waals surface area (Å²) in [6, 6.07) is -0.111. The summed E-state index contributed by atoms with van der Waals surface area (Å²) in [6.45, 7) is 8.35. The molecule has 0 aliphatic heterocycles. The first-order chi connectivity index (χ1) is 6.47. The molecular formula is C11H24N2O. The van der Waals surface area contributed by atoms with Crippen LogP contribution in [-0.4, -0.2) is 18.0 Å². The number of nitrogens with one attached hydrogen (secondary N) is 1. The summed E-state index contributed by atoms with van der Waals surface area (Å²) in [6.07, 6.45) is 2.72. The number of hydrogen-bond acceptors (Lipinski definition) is 2. The van der Waals surface area contributed by atoms with Crippen molar-refractivity contribution in [3.63, 3.8) is 0 Å². The Balaban J connectivity index is 3.80. The third kappa shape index (κ3) is 5.97. The molecule has 0 saturated heterocycles. The van der Waals surface area contributed by atoms with Crippen molar-refractivity contribution >= 4 is 5.91 Å². The molecule has 2 atom stereocenters. The molecule has 1 amide bonds. The Morgan fingerprint density at radius 2 is 1.93 bits per heavy atom. The Labute approximate surface area is 87.4 Å². The van der Waals surface area contributed by atoms with E-state index in [4.69, 9.17) is 5.73 Å². The SMILES string of the molecule is CCCC(N)C(=O)NC(C)CC(C)C. The van der Waals surface area contributed by atoms with Crippen LogP contribution < -0.4 is 11.1 Å². The zero-order valence-electron chi connectivity index (χ0n) is 9.84. The first-order valence-corrected chi connectivity index (χ1v) is 5.53. The van der Waals surface area contributed by atoms with Gasteiger partial charge in [0.15, 0.2) is 0 Å². The van der Waals surface area contributed by atoms with Gasteiger partial charge in [0.1, 0.15) is 0 Å². The predicted molar refractivity (Wildman–Crippen MR) is 59.9 cm³/mol. The Morgan fingerprint density at radius 1 is 1.36 bits per heavy atom. The van der Waals surface area contributed by atoms with Crippen LogP contribution in [-0.2, 0) is 4.79 Å². The molecule has 3 heteroatoms. The second-order valence-electron chi connectivity index (χ2n) is 4.43. The lowest BCUT2D eigenvalue weighted by Gasteiger charge is -2.18. The van der Waals surface area contributed by atoms with E-state index in [9.17, 15) is 4.79 Å². The van der Waals surface area contributed by atoms with Crippen LogP contribution in [0.2, 0.25) is 0 Å². The molecule has 0 saturated carbocycles. The van der Waals surface area contributed by atoms with Gasteiger partial charge in [-0.05, 0) is 25.7 Å². The molecule has 3 N–H and O–H groups in total. The van der Waals surface area contributed by atoms with Crippen LogP contribution in [0.25, 0.3) is 0 Å². The molecule has 0 heterocycles. The Morgan fingerprint density at radius 3 is 2.36 bits per heavy atom. The summed E-state index contributed by atoms with van der Waals surface area (Å²) in [5.74, 6) is 0.590. The van der Waals surface area contributed by atoms with Crippen LogP contribution >= 0.6 is 0 Å². The topological polar surface area (TPSA) is 55.1 Å². The first kappa shape index (κ1) is 13.4. The Hall–Kier alpha value is -0.570. The van der Waals surface area contributed by atoms with Crippen LogP contribution in [0.5, 0.6) is 0 Å². The lowest BCUT2D eigenvalue weighted by molar-refractivity contribution is -0.123. The highest BCUT2D eigenvalue weighted by atomic mass is 16.2. The summed E-state index contributed by atoms with van der Waals surface area (Å²) in [4.78, 5) is 11.5. The second-order valence-corrected chi connectivity index (χ2v) is 4.43. The van der Waals surface area contributed by atoms with Crippen LogP contribution in [0.15, 0.2) is 0 Å². The number of carbonyl (C=O) groups is 1. The number of carbonyl (C=O) groups excluding carboxylic acids is 1. The number of hydrogen-bond donors (Lipinski definition) is 2. The Bertz CT molecular complexity index is 169. The smallest absolute Gasteiger partial charge is 0.237 e. The van der Waals surface area contributed by atoms with Crippen LogP contribution in [0, 0.1) is 5.92 Å². The molecule has 0 bridgehead atoms. The number of amides is 1. The minimum Gasteiger partial charge on any atom is -0.352 e. The fourth-order valence-electron chi connectivity index (χ4n) is 1.56. The van der Waals surface area contributed by atoms with Crippen molar-refractivity contribution in [2.45, 2.75) is 59.0 Å². The van der Waals surface area contributed by atoms with E-state index in [1.54, 1.807) is 0 Å². The van der Waals surface area contributed by atoms with Gasteiger partial charge in [-0.15, -0.1) is 0 Å². The van der Waals surface area contributed by atoms with E-state index in [1.165, 1.54) is 0 Å². The van der Waals surface area contributed by atoms with E-state index in [0.29, 0.717) is 5.92 Å². The molecule has 0 aromatic rings. The average molecular weight is 200 g/mol. The molecule has 0 spiro atoms. The number of nitrogens with two attached hydrogens (primary N) is 1. The lowest BCUT2D eigenvalue weighted by atomic mass is 10.0. The van der Waals surface area contributed by atoms with Crippen LogP contribution in [0.4, 0.5) is 0 Å². The molecule has 3 nitrogen and oxygen atoms in total. The zero-order chi connectivity index (χ0) is 11.1. The minimum absolute atomic E-state index is 0.0139. The molecule has 0 radical (unpaired) electrons. The summed E-state index contributed by atoms with van der Waals surface area (Å²) in [7, 11) is 0. The van der Waals surface area contributed by atoms with Crippen molar-refractivity contribution in [3.8, 4) is 0 Å². The Kier molecular flexibility index (Phi) is 6.54. The maximum atomic E-state index is 11.5. The summed E-state index contributed by atoms with van der Waals surface area (Å²) >= 11 is 0. The molecule has 0 rings (SSSR count). The van der Waals surface area contributed by atoms with Crippen molar-refractivity contribution in [1.29, 1.82) is 0 Å². The monoisotopic (exact) mass is 200 g/mol. The van der Waals surface area contributed by atoms with Gasteiger partial charge in [-0.2, -0.15) is 0 Å². The standard InChI is InChI=1S/C11H24N2O/c1-5-6-10(12)11(14)13-9(4)7-8(2)3/h8-10H,5-7,12H2,1-4H3,(H,13,14). The molecule has 2 unspecified atom stereocenters. The molecule has 14 heavy (non-hydrogen) atoms. The summed E-state index contributed by atoms with van der Waals surface area (Å²) < 4.78 is 0. The van der Waals surface area contributed by atoms with E-state index in [0.717, 1.165) is 19.3 Å². The van der Waals surface area contributed by atoms with Gasteiger partial charge in [0.25, 0.3) is 0 Å². The normalized spacial score (nSPS) is 15.3. The van der Waals surface area contributed by atoms with Crippen molar-refractivity contribution in [1.82, 2.24) is 5.32 Å². The quantitative estimate of drug-likeness (QED) is 0.685. The van der Waals surface area contributed by atoms with E-state index in [2.05, 4.69) is 19.2 Å². The largest absolute Gasteiger partial charge is 0.352 e. The lowest BCUT2D eigenvalue weighted by Crippen LogP contribution is -2.44. The molecule has 0 aromatic carbocycles. The zero-order valence-corrected chi connectivity index (χ0v) is 9.84. The maximum Gasteiger partial charge on any atom is 0.237 e. The van der Waals surface area contributed by atoms with Crippen molar-refractivity contribution in [2.75, 3.05) is 0 Å². The summed E-state index contributed by atoms with van der Waals surface area (Å²) in [5, 5.41) is 2.93. The fraction of sp³-hybridized carbons (Fsp3) is 0.909. The molecule has 84 valence electrons. The van der Waals surface area contributed by atoms with Gasteiger partial charge in [0, 0.05) is 6.04 Å². The van der Waals surface area contributed by atoms with Crippen molar-refractivity contribution in [2.24, 2.45) is 11.7 Å². The van der Waals surface area contributed by atoms with E-state index in [-0.39, 0.29) is 18.0 Å². The van der Waals surface area contributed by atoms with Gasteiger partial charge in [-0.1, -0.05) is 27.2 Å². The van der Waals surface area contributed by atoms with Crippen LogP contribution in [0.3, 0.4) is 0 Å². The molecule has 0 fully saturated rings. The predicted octanol–water partition coefficient (Wildman–Crippen LogP) is 1.66. The van der Waals surface area contributed by atoms with Gasteiger partial charge in [-0.3, -0.25) is 4.79 Å². The van der Waals surface area contributed by atoms with Crippen LogP contribution in [0.1, 0.15) is 47.0 Å². The molecular weight excluding hydrogens is 176 g/mol. The van der Waals surface area contributed by atoms with Crippen molar-refractivity contribution < 1.29 is 4.79 Å².